The van der Waals surface area contributed by atoms with Crippen LogP contribution in [0.15, 0.2) is 24.3 Å². The van der Waals surface area contributed by atoms with Gasteiger partial charge in [0.1, 0.15) is 5.82 Å². The molecule has 0 bridgehead atoms. The lowest BCUT2D eigenvalue weighted by Crippen LogP contribution is -2.39. The Morgan fingerprint density at radius 1 is 1.52 bits per heavy atom. The molecule has 3 rings (SSSR count). The summed E-state index contributed by atoms with van der Waals surface area (Å²) in [4.78, 5) is 21.7. The fraction of sp³-hybridized carbons (Fsp3) is 0.529. The summed E-state index contributed by atoms with van der Waals surface area (Å²) in [6.07, 6.45) is 2.19. The topological polar surface area (TPSA) is 81.2 Å². The van der Waals surface area contributed by atoms with Crippen molar-refractivity contribution in [2.75, 3.05) is 19.6 Å². The number of fused-ring (bicyclic) bond motifs is 1. The molecule has 1 aliphatic rings. The SMILES string of the molecule is C[C@H](O)[C@@H]1CCN(C(=O)NCCCc2nc3ccccc3[nH]2)C1. The molecular weight excluding hydrogens is 292 g/mol. The molecule has 2 atom stereocenters. The molecule has 0 aliphatic carbocycles. The molecule has 124 valence electrons. The molecule has 6 heteroatoms. The minimum absolute atomic E-state index is 0.0299. The highest BCUT2D eigenvalue weighted by molar-refractivity contribution is 5.75. The number of hydrogen-bond acceptors (Lipinski definition) is 3. The van der Waals surface area contributed by atoms with Crippen LogP contribution in [0.5, 0.6) is 0 Å². The summed E-state index contributed by atoms with van der Waals surface area (Å²) in [7, 11) is 0. The van der Waals surface area contributed by atoms with Crippen molar-refractivity contribution in [2.45, 2.75) is 32.3 Å². The van der Waals surface area contributed by atoms with Crippen LogP contribution < -0.4 is 5.32 Å². The smallest absolute Gasteiger partial charge is 0.317 e. The number of hydrogen-bond donors (Lipinski definition) is 3. The first-order chi connectivity index (χ1) is 11.1. The number of aryl methyl sites for hydroxylation is 1. The molecule has 1 aliphatic heterocycles. The Balaban J connectivity index is 1.40. The fourth-order valence-electron chi connectivity index (χ4n) is 3.05. The first-order valence-corrected chi connectivity index (χ1v) is 8.28. The number of aromatic amines is 1. The van der Waals surface area contributed by atoms with E-state index >= 15 is 0 Å². The van der Waals surface area contributed by atoms with Crippen LogP contribution in [0.3, 0.4) is 0 Å². The Morgan fingerprint density at radius 3 is 3.09 bits per heavy atom. The average molecular weight is 316 g/mol. The van der Waals surface area contributed by atoms with Crippen LogP contribution in [-0.4, -0.2) is 51.7 Å². The van der Waals surface area contributed by atoms with E-state index in [0.29, 0.717) is 13.1 Å². The third-order valence-corrected chi connectivity index (χ3v) is 4.50. The summed E-state index contributed by atoms with van der Waals surface area (Å²) in [5, 5.41) is 12.5. The summed E-state index contributed by atoms with van der Waals surface area (Å²) in [6, 6.07) is 7.94. The second-order valence-electron chi connectivity index (χ2n) is 6.27. The zero-order valence-electron chi connectivity index (χ0n) is 13.5. The van der Waals surface area contributed by atoms with Gasteiger partial charge in [0.25, 0.3) is 0 Å². The number of H-pyrrole nitrogens is 1. The van der Waals surface area contributed by atoms with Crippen molar-refractivity contribution in [1.82, 2.24) is 20.2 Å². The van der Waals surface area contributed by atoms with Crippen LogP contribution in [0.1, 0.15) is 25.6 Å². The third kappa shape index (κ3) is 3.82. The monoisotopic (exact) mass is 316 g/mol. The molecule has 1 aromatic carbocycles. The van der Waals surface area contributed by atoms with E-state index in [1.807, 2.05) is 24.3 Å². The van der Waals surface area contributed by atoms with Crippen LogP contribution in [-0.2, 0) is 6.42 Å². The molecule has 6 nitrogen and oxygen atoms in total. The number of nitrogens with one attached hydrogen (secondary N) is 2. The molecule has 2 heterocycles. The van der Waals surface area contributed by atoms with Crippen molar-refractivity contribution >= 4 is 17.1 Å². The summed E-state index contributed by atoms with van der Waals surface area (Å²) in [6.45, 7) is 3.79. The highest BCUT2D eigenvalue weighted by Gasteiger charge is 2.28. The Kier molecular flexibility index (Phi) is 4.81. The quantitative estimate of drug-likeness (QED) is 0.737. The molecule has 0 radical (unpaired) electrons. The number of benzene rings is 1. The van der Waals surface area contributed by atoms with Gasteiger partial charge >= 0.3 is 6.03 Å². The van der Waals surface area contributed by atoms with Crippen molar-refractivity contribution in [3.63, 3.8) is 0 Å². The number of aliphatic hydroxyl groups excluding tert-OH is 1. The standard InChI is InChI=1S/C17H24N4O2/c1-12(22)13-8-10-21(11-13)17(23)18-9-4-7-16-19-14-5-2-3-6-15(14)20-16/h2-3,5-6,12-13,22H,4,7-11H2,1H3,(H,18,23)(H,19,20)/t12-,13+/m0/s1. The lowest BCUT2D eigenvalue weighted by molar-refractivity contribution is 0.129. The number of nitrogens with zero attached hydrogens (tertiary/aromatic N) is 2. The van der Waals surface area contributed by atoms with Crippen molar-refractivity contribution in [2.24, 2.45) is 5.92 Å². The summed E-state index contributed by atoms with van der Waals surface area (Å²) in [5.74, 6) is 1.16. The first-order valence-electron chi connectivity index (χ1n) is 8.28. The summed E-state index contributed by atoms with van der Waals surface area (Å²) < 4.78 is 0. The second kappa shape index (κ2) is 7.00. The van der Waals surface area contributed by atoms with E-state index in [1.54, 1.807) is 11.8 Å². The molecule has 2 amide bonds. The first kappa shape index (κ1) is 15.8. The normalized spacial score (nSPS) is 19.2. The minimum atomic E-state index is -0.346. The number of amides is 2. The Morgan fingerprint density at radius 2 is 2.35 bits per heavy atom. The molecule has 0 spiro atoms. The van der Waals surface area contributed by atoms with Gasteiger partial charge in [0.2, 0.25) is 0 Å². The molecule has 2 aromatic rings. The molecule has 1 aromatic heterocycles. The molecule has 23 heavy (non-hydrogen) atoms. The number of rotatable bonds is 5. The third-order valence-electron chi connectivity index (χ3n) is 4.50. The van der Waals surface area contributed by atoms with Crippen molar-refractivity contribution in [1.29, 1.82) is 0 Å². The van der Waals surface area contributed by atoms with Crippen molar-refractivity contribution < 1.29 is 9.90 Å². The lowest BCUT2D eigenvalue weighted by atomic mass is 10.0. The second-order valence-corrected chi connectivity index (χ2v) is 6.27. The summed E-state index contributed by atoms with van der Waals surface area (Å²) >= 11 is 0. The van der Waals surface area contributed by atoms with E-state index < -0.39 is 0 Å². The molecule has 1 fully saturated rings. The largest absolute Gasteiger partial charge is 0.393 e. The number of para-hydroxylation sites is 2. The van der Waals surface area contributed by atoms with Gasteiger partial charge in [-0.05, 0) is 31.9 Å². The predicted molar refractivity (Wildman–Crippen MR) is 89.2 cm³/mol. The maximum absolute atomic E-state index is 12.1. The number of likely N-dealkylation sites (tertiary alicyclic amines) is 1. The van der Waals surface area contributed by atoms with Crippen LogP contribution >= 0.6 is 0 Å². The number of carbonyl (C=O) groups is 1. The van der Waals surface area contributed by atoms with E-state index in [-0.39, 0.29) is 18.1 Å². The van der Waals surface area contributed by atoms with E-state index in [9.17, 15) is 9.90 Å². The van der Waals surface area contributed by atoms with E-state index in [2.05, 4.69) is 15.3 Å². The van der Waals surface area contributed by atoms with Crippen LogP contribution in [0.25, 0.3) is 11.0 Å². The van der Waals surface area contributed by atoms with Gasteiger partial charge in [-0.15, -0.1) is 0 Å². The van der Waals surface area contributed by atoms with Gasteiger partial charge in [0.15, 0.2) is 0 Å². The van der Waals surface area contributed by atoms with E-state index in [0.717, 1.165) is 42.7 Å². The predicted octanol–water partition coefficient (Wildman–Crippen LogP) is 1.91. The molecule has 0 saturated carbocycles. The number of urea groups is 1. The Labute approximate surface area is 135 Å². The van der Waals surface area contributed by atoms with Crippen LogP contribution in [0.2, 0.25) is 0 Å². The number of imidazole rings is 1. The highest BCUT2D eigenvalue weighted by atomic mass is 16.3. The van der Waals surface area contributed by atoms with E-state index in [4.69, 9.17) is 0 Å². The zero-order valence-corrected chi connectivity index (χ0v) is 13.5. The number of aromatic nitrogens is 2. The van der Waals surface area contributed by atoms with E-state index in [1.165, 1.54) is 0 Å². The van der Waals surface area contributed by atoms with Gasteiger partial charge in [-0.2, -0.15) is 0 Å². The fourth-order valence-corrected chi connectivity index (χ4v) is 3.05. The van der Waals surface area contributed by atoms with Gasteiger partial charge in [0.05, 0.1) is 17.1 Å². The zero-order chi connectivity index (χ0) is 16.2. The Bertz CT molecular complexity index is 634. The van der Waals surface area contributed by atoms with Crippen LogP contribution in [0, 0.1) is 5.92 Å². The average Bonchev–Trinajstić information content (AvgIpc) is 3.17. The van der Waals surface area contributed by atoms with Gasteiger partial charge in [-0.3, -0.25) is 0 Å². The van der Waals surface area contributed by atoms with Gasteiger partial charge in [-0.1, -0.05) is 12.1 Å². The van der Waals surface area contributed by atoms with Crippen LogP contribution in [0.4, 0.5) is 4.79 Å². The lowest BCUT2D eigenvalue weighted by Gasteiger charge is -2.18. The molecule has 3 N–H and O–H groups in total. The molecule has 0 unspecified atom stereocenters. The number of carbonyl (C=O) groups excluding carboxylic acids is 1. The van der Waals surface area contributed by atoms with Gasteiger partial charge in [-0.25, -0.2) is 9.78 Å². The molecular formula is C17H24N4O2. The van der Waals surface area contributed by atoms with Crippen molar-refractivity contribution in [3.8, 4) is 0 Å². The highest BCUT2D eigenvalue weighted by Crippen LogP contribution is 2.19. The minimum Gasteiger partial charge on any atom is -0.393 e. The van der Waals surface area contributed by atoms with Gasteiger partial charge in [0, 0.05) is 32.0 Å². The van der Waals surface area contributed by atoms with Gasteiger partial charge < -0.3 is 20.3 Å². The maximum Gasteiger partial charge on any atom is 0.317 e. The maximum atomic E-state index is 12.1. The van der Waals surface area contributed by atoms with Crippen molar-refractivity contribution in [3.05, 3.63) is 30.1 Å². The number of aliphatic hydroxyl groups is 1. The summed E-state index contributed by atoms with van der Waals surface area (Å²) in [5.41, 5.74) is 2.03. The Hall–Kier alpha value is -2.08. The molecule has 1 saturated heterocycles.